The molecule has 0 saturated carbocycles. The van der Waals surface area contributed by atoms with Gasteiger partial charge in [0.05, 0.1) is 11.5 Å². The third-order valence-electron chi connectivity index (χ3n) is 3.25. The molecule has 0 amide bonds. The van der Waals surface area contributed by atoms with Gasteiger partial charge < -0.3 is 15.1 Å². The van der Waals surface area contributed by atoms with E-state index in [1.54, 1.807) is 11.3 Å². The second kappa shape index (κ2) is 7.81. The molecule has 0 radical (unpaired) electrons. The smallest absolute Gasteiger partial charge is 0.194 e. The fraction of sp³-hybridized carbons (Fsp3) is 0.533. The first kappa shape index (κ1) is 14.7. The van der Waals surface area contributed by atoms with Crippen LogP contribution in [0.4, 0.5) is 5.00 Å². The lowest BCUT2D eigenvalue weighted by Crippen LogP contribution is -2.52. The van der Waals surface area contributed by atoms with Crippen LogP contribution in [-0.4, -0.2) is 50.1 Å². The standard InChI is InChI=1S/C15H22N4S/c1-3-5-8-17-15(16-4-2)19-11-9-18(10-12-19)14-7-6-13-20-14/h1,6-7,13H,4-5,8-12H2,2H3,(H,16,17). The largest absolute Gasteiger partial charge is 0.360 e. The summed E-state index contributed by atoms with van der Waals surface area (Å²) in [4.78, 5) is 9.35. The van der Waals surface area contributed by atoms with Crippen LogP contribution < -0.4 is 10.2 Å². The number of rotatable bonds is 4. The summed E-state index contributed by atoms with van der Waals surface area (Å²) in [6, 6.07) is 4.30. The lowest BCUT2D eigenvalue weighted by atomic mass is 10.3. The van der Waals surface area contributed by atoms with E-state index in [9.17, 15) is 0 Å². The zero-order chi connectivity index (χ0) is 14.2. The van der Waals surface area contributed by atoms with Gasteiger partial charge in [0.15, 0.2) is 5.96 Å². The number of aliphatic imine (C=N–C) groups is 1. The van der Waals surface area contributed by atoms with Gasteiger partial charge in [-0.3, -0.25) is 4.99 Å². The van der Waals surface area contributed by atoms with E-state index < -0.39 is 0 Å². The Labute approximate surface area is 125 Å². The Balaban J connectivity index is 1.90. The number of thiophene rings is 1. The van der Waals surface area contributed by atoms with Gasteiger partial charge in [0.25, 0.3) is 0 Å². The van der Waals surface area contributed by atoms with E-state index in [2.05, 4.69) is 50.5 Å². The molecule has 0 spiro atoms. The van der Waals surface area contributed by atoms with Gasteiger partial charge in [-0.25, -0.2) is 0 Å². The van der Waals surface area contributed by atoms with Crippen LogP contribution in [-0.2, 0) is 0 Å². The number of nitrogens with one attached hydrogen (secondary N) is 1. The summed E-state index contributed by atoms with van der Waals surface area (Å²) in [6.45, 7) is 7.77. The van der Waals surface area contributed by atoms with E-state index >= 15 is 0 Å². The predicted octanol–water partition coefficient (Wildman–Crippen LogP) is 1.86. The van der Waals surface area contributed by atoms with Crippen LogP contribution in [0.15, 0.2) is 22.5 Å². The first-order valence-electron chi connectivity index (χ1n) is 7.10. The molecule has 0 aliphatic carbocycles. The Morgan fingerprint density at radius 1 is 1.45 bits per heavy atom. The van der Waals surface area contributed by atoms with Gasteiger partial charge in [-0.1, -0.05) is 0 Å². The lowest BCUT2D eigenvalue weighted by molar-refractivity contribution is 0.373. The average Bonchev–Trinajstić information content (AvgIpc) is 3.01. The first-order chi connectivity index (χ1) is 9.85. The van der Waals surface area contributed by atoms with Gasteiger partial charge in [0.1, 0.15) is 0 Å². The van der Waals surface area contributed by atoms with Crippen molar-refractivity contribution in [3.05, 3.63) is 17.5 Å². The zero-order valence-electron chi connectivity index (χ0n) is 12.0. The van der Waals surface area contributed by atoms with E-state index in [1.807, 2.05) is 0 Å². The maximum absolute atomic E-state index is 5.28. The molecule has 2 rings (SSSR count). The van der Waals surface area contributed by atoms with Crippen LogP contribution >= 0.6 is 11.3 Å². The van der Waals surface area contributed by atoms with Gasteiger partial charge in [0.2, 0.25) is 0 Å². The van der Waals surface area contributed by atoms with Crippen molar-refractivity contribution in [3.63, 3.8) is 0 Å². The topological polar surface area (TPSA) is 30.9 Å². The van der Waals surface area contributed by atoms with Crippen LogP contribution in [0.5, 0.6) is 0 Å². The Morgan fingerprint density at radius 2 is 2.25 bits per heavy atom. The number of piperazine rings is 1. The molecule has 0 atom stereocenters. The van der Waals surface area contributed by atoms with Crippen LogP contribution in [0, 0.1) is 12.3 Å². The van der Waals surface area contributed by atoms with E-state index in [-0.39, 0.29) is 0 Å². The number of nitrogens with zero attached hydrogens (tertiary/aromatic N) is 3. The Bertz CT molecular complexity index is 453. The van der Waals surface area contributed by atoms with Crippen molar-refractivity contribution in [1.82, 2.24) is 10.2 Å². The number of hydrogen-bond donors (Lipinski definition) is 1. The predicted molar refractivity (Wildman–Crippen MR) is 87.5 cm³/mol. The molecule has 1 aliphatic rings. The molecule has 2 heterocycles. The molecule has 1 aromatic rings. The number of terminal acetylenes is 1. The van der Waals surface area contributed by atoms with E-state index in [0.29, 0.717) is 13.0 Å². The molecule has 20 heavy (non-hydrogen) atoms. The van der Waals surface area contributed by atoms with Crippen LogP contribution in [0.3, 0.4) is 0 Å². The molecule has 1 aromatic heterocycles. The second-order valence-electron chi connectivity index (χ2n) is 4.62. The average molecular weight is 290 g/mol. The highest BCUT2D eigenvalue weighted by Crippen LogP contribution is 2.22. The molecular formula is C15H22N4S. The van der Waals surface area contributed by atoms with Gasteiger partial charge >= 0.3 is 0 Å². The number of guanidine groups is 1. The maximum atomic E-state index is 5.28. The Morgan fingerprint density at radius 3 is 2.85 bits per heavy atom. The minimum atomic E-state index is 0.698. The van der Waals surface area contributed by atoms with Crippen molar-refractivity contribution in [3.8, 4) is 12.3 Å². The van der Waals surface area contributed by atoms with Crippen LogP contribution in [0.25, 0.3) is 0 Å². The van der Waals surface area contributed by atoms with Crippen molar-refractivity contribution >= 4 is 22.3 Å². The molecule has 1 aliphatic heterocycles. The normalized spacial score (nSPS) is 16.1. The maximum Gasteiger partial charge on any atom is 0.194 e. The second-order valence-corrected chi connectivity index (χ2v) is 5.54. The monoisotopic (exact) mass is 290 g/mol. The van der Waals surface area contributed by atoms with Crippen molar-refractivity contribution in [1.29, 1.82) is 0 Å². The van der Waals surface area contributed by atoms with Gasteiger partial charge in [-0.2, -0.15) is 0 Å². The Hall–Kier alpha value is -1.67. The molecule has 1 saturated heterocycles. The van der Waals surface area contributed by atoms with Crippen LogP contribution in [0.1, 0.15) is 13.3 Å². The first-order valence-corrected chi connectivity index (χ1v) is 7.98. The quantitative estimate of drug-likeness (QED) is 0.397. The lowest BCUT2D eigenvalue weighted by Gasteiger charge is -2.37. The third kappa shape index (κ3) is 3.91. The molecule has 0 unspecified atom stereocenters. The van der Waals surface area contributed by atoms with E-state index in [1.165, 1.54) is 5.00 Å². The van der Waals surface area contributed by atoms with E-state index in [0.717, 1.165) is 38.7 Å². The van der Waals surface area contributed by atoms with Crippen LogP contribution in [0.2, 0.25) is 0 Å². The fourth-order valence-corrected chi connectivity index (χ4v) is 3.03. The molecule has 1 N–H and O–H groups in total. The minimum absolute atomic E-state index is 0.698. The highest BCUT2D eigenvalue weighted by atomic mass is 32.1. The molecule has 0 bridgehead atoms. The van der Waals surface area contributed by atoms with Crippen molar-refractivity contribution in [2.75, 3.05) is 44.2 Å². The van der Waals surface area contributed by atoms with Crippen molar-refractivity contribution in [2.45, 2.75) is 13.3 Å². The summed E-state index contributed by atoms with van der Waals surface area (Å²) in [5.74, 6) is 3.63. The molecule has 108 valence electrons. The van der Waals surface area contributed by atoms with E-state index in [4.69, 9.17) is 6.42 Å². The summed E-state index contributed by atoms with van der Waals surface area (Å²) in [7, 11) is 0. The van der Waals surface area contributed by atoms with Gasteiger partial charge in [0, 0.05) is 39.1 Å². The summed E-state index contributed by atoms with van der Waals surface area (Å²) in [6.07, 6.45) is 5.98. The highest BCUT2D eigenvalue weighted by molar-refractivity contribution is 7.14. The summed E-state index contributed by atoms with van der Waals surface area (Å²) < 4.78 is 0. The summed E-state index contributed by atoms with van der Waals surface area (Å²) in [5, 5.41) is 6.84. The minimum Gasteiger partial charge on any atom is -0.360 e. The molecular weight excluding hydrogens is 268 g/mol. The zero-order valence-corrected chi connectivity index (χ0v) is 12.8. The third-order valence-corrected chi connectivity index (χ3v) is 4.18. The highest BCUT2D eigenvalue weighted by Gasteiger charge is 2.19. The fourth-order valence-electron chi connectivity index (χ4n) is 2.24. The molecule has 1 fully saturated rings. The summed E-state index contributed by atoms with van der Waals surface area (Å²) in [5.41, 5.74) is 0. The van der Waals surface area contributed by atoms with Crippen molar-refractivity contribution < 1.29 is 0 Å². The SMILES string of the molecule is C#CCCN=C(NCC)N1CCN(c2cccs2)CC1. The van der Waals surface area contributed by atoms with Gasteiger partial charge in [-0.05, 0) is 24.4 Å². The van der Waals surface area contributed by atoms with Gasteiger partial charge in [-0.15, -0.1) is 23.7 Å². The number of anilines is 1. The van der Waals surface area contributed by atoms with Crippen molar-refractivity contribution in [2.24, 2.45) is 4.99 Å². The molecule has 0 aromatic carbocycles. The Kier molecular flexibility index (Phi) is 5.75. The molecule has 4 nitrogen and oxygen atoms in total. The molecule has 5 heteroatoms. The summed E-state index contributed by atoms with van der Waals surface area (Å²) >= 11 is 1.81. The number of hydrogen-bond acceptors (Lipinski definition) is 3.